The number of rotatable bonds is 1. The van der Waals surface area contributed by atoms with Gasteiger partial charge in [0, 0.05) is 41.6 Å². The number of benzene rings is 1. The van der Waals surface area contributed by atoms with E-state index in [9.17, 15) is 4.79 Å². The van der Waals surface area contributed by atoms with Gasteiger partial charge in [0.05, 0.1) is 5.56 Å². The number of nitrogens with zero attached hydrogens (tertiary/aromatic N) is 1. The minimum Gasteiger partial charge on any atom is -0.399 e. The lowest BCUT2D eigenvalue weighted by atomic mass is 10.1. The van der Waals surface area contributed by atoms with Gasteiger partial charge in [-0.3, -0.25) is 4.79 Å². The molecule has 2 heterocycles. The molecule has 4 nitrogen and oxygen atoms in total. The number of aromatic amines is 1. The van der Waals surface area contributed by atoms with Crippen LogP contribution >= 0.6 is 11.8 Å². The van der Waals surface area contributed by atoms with Crippen LogP contribution in [0.5, 0.6) is 0 Å². The number of carbonyl (C=O) groups excluding carboxylic acids is 1. The molecule has 19 heavy (non-hydrogen) atoms. The number of hydrogen-bond donors (Lipinski definition) is 2. The van der Waals surface area contributed by atoms with E-state index in [-0.39, 0.29) is 5.91 Å². The number of H-pyrrole nitrogens is 1. The highest BCUT2D eigenvalue weighted by atomic mass is 32.2. The molecule has 100 valence electrons. The molecule has 2 aromatic rings. The lowest BCUT2D eigenvalue weighted by Gasteiger charge is -2.19. The highest BCUT2D eigenvalue weighted by Gasteiger charge is 2.20. The van der Waals surface area contributed by atoms with E-state index in [4.69, 9.17) is 5.73 Å². The SMILES string of the molecule is Nc1ccc2[nH]cc(C(=O)N3CCCSCC3)c2c1. The number of nitrogens with two attached hydrogens (primary N) is 1. The highest BCUT2D eigenvalue weighted by Crippen LogP contribution is 2.23. The van der Waals surface area contributed by atoms with Crippen LogP contribution < -0.4 is 5.73 Å². The number of nitrogens with one attached hydrogen (secondary N) is 1. The van der Waals surface area contributed by atoms with Crippen molar-refractivity contribution in [3.05, 3.63) is 30.0 Å². The molecule has 1 aliphatic rings. The Morgan fingerprint density at radius 1 is 1.32 bits per heavy atom. The molecule has 0 unspecified atom stereocenters. The number of amides is 1. The highest BCUT2D eigenvalue weighted by molar-refractivity contribution is 7.99. The predicted octanol–water partition coefficient (Wildman–Crippen LogP) is 2.33. The van der Waals surface area contributed by atoms with E-state index in [2.05, 4.69) is 4.98 Å². The third kappa shape index (κ3) is 2.42. The summed E-state index contributed by atoms with van der Waals surface area (Å²) in [5, 5.41) is 0.918. The fourth-order valence-electron chi connectivity index (χ4n) is 2.43. The van der Waals surface area contributed by atoms with E-state index in [1.165, 1.54) is 0 Å². The molecule has 1 aromatic carbocycles. The Labute approximate surface area is 116 Å². The Morgan fingerprint density at radius 3 is 3.11 bits per heavy atom. The zero-order valence-electron chi connectivity index (χ0n) is 10.7. The molecule has 1 saturated heterocycles. The van der Waals surface area contributed by atoms with Gasteiger partial charge in [-0.1, -0.05) is 0 Å². The molecule has 1 fully saturated rings. The van der Waals surface area contributed by atoms with Gasteiger partial charge >= 0.3 is 0 Å². The Morgan fingerprint density at radius 2 is 2.21 bits per heavy atom. The van der Waals surface area contributed by atoms with Gasteiger partial charge in [-0.25, -0.2) is 0 Å². The van der Waals surface area contributed by atoms with Crippen LogP contribution in [0, 0.1) is 0 Å². The topological polar surface area (TPSA) is 62.1 Å². The first kappa shape index (κ1) is 12.4. The lowest BCUT2D eigenvalue weighted by Crippen LogP contribution is -2.32. The molecular weight excluding hydrogens is 258 g/mol. The van der Waals surface area contributed by atoms with Crippen LogP contribution in [0.4, 0.5) is 5.69 Å². The van der Waals surface area contributed by atoms with Crippen molar-refractivity contribution in [2.45, 2.75) is 6.42 Å². The number of carbonyl (C=O) groups is 1. The fourth-order valence-corrected chi connectivity index (χ4v) is 3.32. The molecule has 5 heteroatoms. The quantitative estimate of drug-likeness (QED) is 0.785. The minimum atomic E-state index is 0.111. The summed E-state index contributed by atoms with van der Waals surface area (Å²) in [5.41, 5.74) is 8.19. The van der Waals surface area contributed by atoms with Crippen molar-refractivity contribution in [2.24, 2.45) is 0 Å². The van der Waals surface area contributed by atoms with Crippen molar-refractivity contribution in [2.75, 3.05) is 30.3 Å². The number of fused-ring (bicyclic) bond motifs is 1. The van der Waals surface area contributed by atoms with E-state index >= 15 is 0 Å². The average Bonchev–Trinajstić information content (AvgIpc) is 2.64. The standard InChI is InChI=1S/C14H17N3OS/c15-10-2-3-13-11(8-10)12(9-16-13)14(18)17-4-1-6-19-7-5-17/h2-3,8-9,16H,1,4-7,15H2. The van der Waals surface area contributed by atoms with Crippen LogP contribution in [0.2, 0.25) is 0 Å². The molecular formula is C14H17N3OS. The van der Waals surface area contributed by atoms with Crippen molar-refractivity contribution < 1.29 is 4.79 Å². The molecule has 0 spiro atoms. The molecule has 3 N–H and O–H groups in total. The summed E-state index contributed by atoms with van der Waals surface area (Å²) >= 11 is 1.92. The number of aromatic nitrogens is 1. The van der Waals surface area contributed by atoms with Crippen molar-refractivity contribution in [1.82, 2.24) is 9.88 Å². The molecule has 0 bridgehead atoms. The van der Waals surface area contributed by atoms with Gasteiger partial charge in [-0.15, -0.1) is 0 Å². The number of thioether (sulfide) groups is 1. The minimum absolute atomic E-state index is 0.111. The number of anilines is 1. The van der Waals surface area contributed by atoms with Crippen LogP contribution in [-0.4, -0.2) is 40.4 Å². The zero-order chi connectivity index (χ0) is 13.2. The van der Waals surface area contributed by atoms with Crippen LogP contribution in [-0.2, 0) is 0 Å². The number of hydrogen-bond acceptors (Lipinski definition) is 3. The molecule has 3 rings (SSSR count). The second-order valence-corrected chi connectivity index (χ2v) is 5.99. The van der Waals surface area contributed by atoms with E-state index in [0.29, 0.717) is 5.69 Å². The molecule has 0 aliphatic carbocycles. The summed E-state index contributed by atoms with van der Waals surface area (Å²) in [5.74, 6) is 2.28. The van der Waals surface area contributed by atoms with Crippen LogP contribution in [0.25, 0.3) is 10.9 Å². The van der Waals surface area contributed by atoms with Crippen LogP contribution in [0.1, 0.15) is 16.8 Å². The molecule has 0 saturated carbocycles. The smallest absolute Gasteiger partial charge is 0.256 e. The third-order valence-corrected chi connectivity index (χ3v) is 4.49. The van der Waals surface area contributed by atoms with Gasteiger partial charge in [0.15, 0.2) is 0 Å². The monoisotopic (exact) mass is 275 g/mol. The maximum Gasteiger partial charge on any atom is 0.256 e. The van der Waals surface area contributed by atoms with E-state index in [0.717, 1.165) is 47.5 Å². The molecule has 1 aliphatic heterocycles. The van der Waals surface area contributed by atoms with E-state index in [1.807, 2.05) is 34.9 Å². The summed E-state index contributed by atoms with van der Waals surface area (Å²) < 4.78 is 0. The van der Waals surface area contributed by atoms with Crippen molar-refractivity contribution in [3.63, 3.8) is 0 Å². The fraction of sp³-hybridized carbons (Fsp3) is 0.357. The van der Waals surface area contributed by atoms with Crippen LogP contribution in [0.15, 0.2) is 24.4 Å². The molecule has 0 radical (unpaired) electrons. The predicted molar refractivity (Wildman–Crippen MR) is 80.6 cm³/mol. The number of nitrogen functional groups attached to an aromatic ring is 1. The first-order chi connectivity index (χ1) is 9.25. The van der Waals surface area contributed by atoms with E-state index in [1.54, 1.807) is 6.20 Å². The second-order valence-electron chi connectivity index (χ2n) is 4.77. The largest absolute Gasteiger partial charge is 0.399 e. The Bertz CT molecular complexity index is 600. The van der Waals surface area contributed by atoms with Crippen molar-refractivity contribution in [3.8, 4) is 0 Å². The Hall–Kier alpha value is -1.62. The van der Waals surface area contributed by atoms with Gasteiger partial charge in [-0.2, -0.15) is 11.8 Å². The van der Waals surface area contributed by atoms with Gasteiger partial charge in [0.2, 0.25) is 0 Å². The first-order valence-corrected chi connectivity index (χ1v) is 7.65. The Balaban J connectivity index is 1.94. The van der Waals surface area contributed by atoms with Crippen molar-refractivity contribution in [1.29, 1.82) is 0 Å². The zero-order valence-corrected chi connectivity index (χ0v) is 11.5. The van der Waals surface area contributed by atoms with Gasteiger partial charge in [-0.05, 0) is 30.4 Å². The van der Waals surface area contributed by atoms with Gasteiger partial charge < -0.3 is 15.6 Å². The maximum absolute atomic E-state index is 12.6. The second kappa shape index (κ2) is 5.17. The molecule has 0 atom stereocenters. The summed E-state index contributed by atoms with van der Waals surface area (Å²) in [7, 11) is 0. The third-order valence-electron chi connectivity index (χ3n) is 3.45. The first-order valence-electron chi connectivity index (χ1n) is 6.49. The lowest BCUT2D eigenvalue weighted by molar-refractivity contribution is 0.0770. The van der Waals surface area contributed by atoms with E-state index < -0.39 is 0 Å². The van der Waals surface area contributed by atoms with Crippen molar-refractivity contribution >= 4 is 34.3 Å². The summed E-state index contributed by atoms with van der Waals surface area (Å²) in [4.78, 5) is 17.7. The normalized spacial score (nSPS) is 16.5. The summed E-state index contributed by atoms with van der Waals surface area (Å²) in [6, 6.07) is 5.63. The summed E-state index contributed by atoms with van der Waals surface area (Å²) in [6.45, 7) is 1.68. The summed E-state index contributed by atoms with van der Waals surface area (Å²) in [6.07, 6.45) is 2.87. The van der Waals surface area contributed by atoms with Crippen LogP contribution in [0.3, 0.4) is 0 Å². The molecule has 1 aromatic heterocycles. The maximum atomic E-state index is 12.6. The molecule has 1 amide bonds. The Kier molecular flexibility index (Phi) is 3.38. The average molecular weight is 275 g/mol. The van der Waals surface area contributed by atoms with Gasteiger partial charge in [0.25, 0.3) is 5.91 Å². The van der Waals surface area contributed by atoms with Gasteiger partial charge in [0.1, 0.15) is 0 Å².